The Morgan fingerprint density at radius 2 is 2.25 bits per heavy atom. The average Bonchev–Trinajstić information content (AvgIpc) is 2.85. The zero-order chi connectivity index (χ0) is 11.2. The predicted molar refractivity (Wildman–Crippen MR) is 67.5 cm³/mol. The highest BCUT2D eigenvalue weighted by atomic mass is 32.1. The Balaban J connectivity index is 2.01. The molecule has 0 aliphatic heterocycles. The second-order valence-electron chi connectivity index (χ2n) is 4.66. The molecule has 1 N–H and O–H groups in total. The molecule has 1 aromatic rings. The molecule has 1 atom stereocenters. The van der Waals surface area contributed by atoms with E-state index in [1.54, 1.807) is 0 Å². The highest BCUT2D eigenvalue weighted by Gasteiger charge is 2.26. The molecule has 0 spiro atoms. The molecular weight excluding hydrogens is 218 g/mol. The van der Waals surface area contributed by atoms with Gasteiger partial charge in [0.15, 0.2) is 0 Å². The van der Waals surface area contributed by atoms with Gasteiger partial charge in [-0.1, -0.05) is 26.2 Å². The van der Waals surface area contributed by atoms with Gasteiger partial charge in [-0.25, -0.2) is 0 Å². The van der Waals surface area contributed by atoms with Crippen LogP contribution >= 0.6 is 11.7 Å². The van der Waals surface area contributed by atoms with Gasteiger partial charge < -0.3 is 5.32 Å². The Morgan fingerprint density at radius 1 is 1.44 bits per heavy atom. The van der Waals surface area contributed by atoms with Crippen LogP contribution in [0.2, 0.25) is 0 Å². The first-order chi connectivity index (χ1) is 7.92. The summed E-state index contributed by atoms with van der Waals surface area (Å²) in [5.74, 6) is 0.768. The van der Waals surface area contributed by atoms with Crippen LogP contribution in [0.1, 0.15) is 57.2 Å². The van der Waals surface area contributed by atoms with Crippen molar-refractivity contribution in [3.63, 3.8) is 0 Å². The summed E-state index contributed by atoms with van der Waals surface area (Å²) < 4.78 is 8.55. The Morgan fingerprint density at radius 3 is 2.88 bits per heavy atom. The van der Waals surface area contributed by atoms with E-state index in [1.165, 1.54) is 50.3 Å². The zero-order valence-corrected chi connectivity index (χ0v) is 10.8. The molecule has 16 heavy (non-hydrogen) atoms. The van der Waals surface area contributed by atoms with E-state index in [-0.39, 0.29) is 0 Å². The van der Waals surface area contributed by atoms with E-state index in [4.69, 9.17) is 0 Å². The summed E-state index contributed by atoms with van der Waals surface area (Å²) >= 11 is 1.33. The molecule has 3 nitrogen and oxygen atoms in total. The third kappa shape index (κ3) is 3.01. The van der Waals surface area contributed by atoms with E-state index in [1.807, 2.05) is 6.20 Å². The van der Waals surface area contributed by atoms with E-state index in [2.05, 4.69) is 21.0 Å². The fourth-order valence-electron chi connectivity index (χ4n) is 2.59. The van der Waals surface area contributed by atoms with E-state index in [9.17, 15) is 0 Å². The van der Waals surface area contributed by atoms with Crippen molar-refractivity contribution in [2.45, 2.75) is 51.5 Å². The summed E-state index contributed by atoms with van der Waals surface area (Å²) in [5, 5.41) is 3.65. The predicted octanol–water partition coefficient (Wildman–Crippen LogP) is 3.16. The van der Waals surface area contributed by atoms with Crippen LogP contribution in [-0.4, -0.2) is 15.3 Å². The van der Waals surface area contributed by atoms with Gasteiger partial charge >= 0.3 is 0 Å². The third-order valence-corrected chi connectivity index (χ3v) is 3.92. The van der Waals surface area contributed by atoms with Crippen LogP contribution in [0.15, 0.2) is 6.20 Å². The maximum absolute atomic E-state index is 4.41. The van der Waals surface area contributed by atoms with Crippen molar-refractivity contribution in [1.82, 2.24) is 14.1 Å². The van der Waals surface area contributed by atoms with Gasteiger partial charge in [0.25, 0.3) is 0 Å². The van der Waals surface area contributed by atoms with Crippen LogP contribution in [0.25, 0.3) is 0 Å². The van der Waals surface area contributed by atoms with Gasteiger partial charge in [-0.05, 0) is 31.7 Å². The molecule has 1 saturated carbocycles. The third-order valence-electron chi connectivity index (χ3n) is 3.43. The number of nitrogens with zero attached hydrogens (tertiary/aromatic N) is 2. The van der Waals surface area contributed by atoms with Crippen LogP contribution in [0.3, 0.4) is 0 Å². The van der Waals surface area contributed by atoms with Crippen LogP contribution in [-0.2, 0) is 0 Å². The van der Waals surface area contributed by atoms with Crippen molar-refractivity contribution in [2.24, 2.45) is 5.92 Å². The number of aromatic nitrogens is 2. The van der Waals surface area contributed by atoms with Crippen molar-refractivity contribution >= 4 is 11.7 Å². The van der Waals surface area contributed by atoms with Gasteiger partial charge in [0.05, 0.1) is 29.7 Å². The molecule has 0 aromatic carbocycles. The van der Waals surface area contributed by atoms with E-state index >= 15 is 0 Å². The molecule has 0 amide bonds. The number of hydrogen-bond donors (Lipinski definition) is 1. The Bertz CT molecular complexity index is 280. The molecule has 1 fully saturated rings. The van der Waals surface area contributed by atoms with Gasteiger partial charge in [-0.3, -0.25) is 0 Å². The lowest BCUT2D eigenvalue weighted by atomic mass is 9.83. The zero-order valence-electron chi connectivity index (χ0n) is 9.98. The first-order valence-electron chi connectivity index (χ1n) is 6.42. The van der Waals surface area contributed by atoms with Gasteiger partial charge in [-0.2, -0.15) is 8.75 Å². The van der Waals surface area contributed by atoms with Crippen molar-refractivity contribution < 1.29 is 0 Å². The highest BCUT2D eigenvalue weighted by molar-refractivity contribution is 6.99. The molecule has 1 aliphatic carbocycles. The smallest absolute Gasteiger partial charge is 0.0915 e. The van der Waals surface area contributed by atoms with Crippen molar-refractivity contribution in [1.29, 1.82) is 0 Å². The van der Waals surface area contributed by atoms with Gasteiger partial charge in [0, 0.05) is 0 Å². The highest BCUT2D eigenvalue weighted by Crippen LogP contribution is 2.33. The van der Waals surface area contributed by atoms with Crippen molar-refractivity contribution in [2.75, 3.05) is 6.54 Å². The van der Waals surface area contributed by atoms with Crippen LogP contribution in [0, 0.1) is 5.92 Å². The lowest BCUT2D eigenvalue weighted by Gasteiger charge is -2.29. The Kier molecular flexibility index (Phi) is 4.72. The van der Waals surface area contributed by atoms with Gasteiger partial charge in [-0.15, -0.1) is 0 Å². The second kappa shape index (κ2) is 6.30. The maximum atomic E-state index is 4.41. The van der Waals surface area contributed by atoms with Crippen LogP contribution in [0.4, 0.5) is 0 Å². The lowest BCUT2D eigenvalue weighted by molar-refractivity contribution is 0.269. The largest absolute Gasteiger partial charge is 0.308 e. The normalized spacial score (nSPS) is 19.8. The maximum Gasteiger partial charge on any atom is 0.0915 e. The topological polar surface area (TPSA) is 37.8 Å². The molecule has 1 unspecified atom stereocenters. The minimum Gasteiger partial charge on any atom is -0.308 e. The van der Waals surface area contributed by atoms with Crippen molar-refractivity contribution in [3.8, 4) is 0 Å². The first kappa shape index (κ1) is 12.0. The van der Waals surface area contributed by atoms with Crippen LogP contribution < -0.4 is 5.32 Å². The molecule has 0 radical (unpaired) electrons. The number of hydrogen-bond acceptors (Lipinski definition) is 4. The minimum absolute atomic E-state index is 0.444. The van der Waals surface area contributed by atoms with E-state index in [0.29, 0.717) is 6.04 Å². The van der Waals surface area contributed by atoms with E-state index in [0.717, 1.165) is 18.2 Å². The summed E-state index contributed by atoms with van der Waals surface area (Å²) in [5.41, 5.74) is 1.16. The van der Waals surface area contributed by atoms with E-state index < -0.39 is 0 Å². The molecule has 0 bridgehead atoms. The second-order valence-corrected chi connectivity index (χ2v) is 5.22. The monoisotopic (exact) mass is 239 g/mol. The molecular formula is C12H21N3S. The SMILES string of the molecule is CCCNC(c1cnsn1)C1CCCCC1. The fraction of sp³-hybridized carbons (Fsp3) is 0.833. The molecule has 0 saturated heterocycles. The summed E-state index contributed by atoms with van der Waals surface area (Å²) in [6, 6.07) is 0.444. The Labute approximate surface area is 102 Å². The molecule has 90 valence electrons. The summed E-state index contributed by atoms with van der Waals surface area (Å²) in [7, 11) is 0. The lowest BCUT2D eigenvalue weighted by Crippen LogP contribution is -2.30. The number of rotatable bonds is 5. The summed E-state index contributed by atoms with van der Waals surface area (Å²) in [4.78, 5) is 0. The quantitative estimate of drug-likeness (QED) is 0.857. The number of nitrogens with one attached hydrogen (secondary N) is 1. The summed E-state index contributed by atoms with van der Waals surface area (Å²) in [6.45, 7) is 3.29. The fourth-order valence-corrected chi connectivity index (χ4v) is 3.05. The molecule has 2 rings (SSSR count). The standard InChI is InChI=1S/C12H21N3S/c1-2-8-13-12(11-9-14-16-15-11)10-6-4-3-5-7-10/h9-10,12-13H,2-8H2,1H3. The molecule has 1 heterocycles. The molecule has 1 aromatic heterocycles. The minimum atomic E-state index is 0.444. The van der Waals surface area contributed by atoms with Gasteiger partial charge in [0.1, 0.15) is 0 Å². The Hall–Kier alpha value is -0.480. The molecule has 1 aliphatic rings. The molecule has 4 heteroatoms. The first-order valence-corrected chi connectivity index (χ1v) is 7.15. The van der Waals surface area contributed by atoms with Crippen LogP contribution in [0.5, 0.6) is 0 Å². The summed E-state index contributed by atoms with van der Waals surface area (Å²) in [6.07, 6.45) is 9.98. The van der Waals surface area contributed by atoms with Gasteiger partial charge in [0.2, 0.25) is 0 Å². The van der Waals surface area contributed by atoms with Crippen molar-refractivity contribution in [3.05, 3.63) is 11.9 Å². The average molecular weight is 239 g/mol.